The number of benzene rings is 2. The second-order valence-corrected chi connectivity index (χ2v) is 7.44. The van der Waals surface area contributed by atoms with Gasteiger partial charge in [0, 0.05) is 18.3 Å². The van der Waals surface area contributed by atoms with Crippen LogP contribution >= 0.6 is 0 Å². The van der Waals surface area contributed by atoms with Crippen molar-refractivity contribution in [2.24, 2.45) is 4.40 Å². The van der Waals surface area contributed by atoms with Gasteiger partial charge in [-0.05, 0) is 36.4 Å². The molecule has 2 aromatic rings. The zero-order chi connectivity index (χ0) is 19.8. The highest BCUT2D eigenvalue weighted by Crippen LogP contribution is 2.30. The molecule has 1 aliphatic rings. The van der Waals surface area contributed by atoms with Crippen LogP contribution in [0.15, 0.2) is 57.8 Å². The van der Waals surface area contributed by atoms with E-state index in [9.17, 15) is 26.4 Å². The highest BCUT2D eigenvalue weighted by Gasteiger charge is 2.31. The average molecular weight is 397 g/mol. The molecule has 2 aromatic carbocycles. The summed E-state index contributed by atoms with van der Waals surface area (Å²) in [6.07, 6.45) is -4.46. The Morgan fingerprint density at radius 3 is 2.37 bits per heavy atom. The van der Waals surface area contributed by atoms with Crippen molar-refractivity contribution in [1.29, 1.82) is 0 Å². The van der Waals surface area contributed by atoms with Crippen molar-refractivity contribution in [1.82, 2.24) is 4.90 Å². The van der Waals surface area contributed by atoms with Crippen molar-refractivity contribution in [3.05, 3.63) is 59.7 Å². The minimum atomic E-state index is -4.46. The minimum Gasteiger partial charge on any atom is -0.349 e. The first-order valence-electron chi connectivity index (χ1n) is 7.70. The largest absolute Gasteiger partial charge is 0.416 e. The molecule has 0 aromatic heterocycles. The van der Waals surface area contributed by atoms with Gasteiger partial charge >= 0.3 is 6.18 Å². The monoisotopic (exact) mass is 397 g/mol. The smallest absolute Gasteiger partial charge is 0.349 e. The Morgan fingerprint density at radius 2 is 1.74 bits per heavy atom. The van der Waals surface area contributed by atoms with Crippen LogP contribution in [0.4, 0.5) is 18.9 Å². The van der Waals surface area contributed by atoms with Crippen LogP contribution in [-0.2, 0) is 21.0 Å². The molecule has 0 atom stereocenters. The normalized spacial score (nSPS) is 15.0. The SMILES string of the molecule is CN(CC(=O)Nc1ccc(C(F)(F)F)cc1)C1=NS(=O)(=O)c2ccccc21. The Hall–Kier alpha value is -2.88. The summed E-state index contributed by atoms with van der Waals surface area (Å²) in [5, 5.41) is 2.47. The molecule has 0 saturated carbocycles. The van der Waals surface area contributed by atoms with Crippen LogP contribution in [0.3, 0.4) is 0 Å². The Kier molecular flexibility index (Phi) is 4.68. The Bertz CT molecular complexity index is 1020. The van der Waals surface area contributed by atoms with Gasteiger partial charge in [0.15, 0.2) is 5.84 Å². The summed E-state index contributed by atoms with van der Waals surface area (Å²) < 4.78 is 65.5. The first-order valence-corrected chi connectivity index (χ1v) is 9.14. The summed E-state index contributed by atoms with van der Waals surface area (Å²) in [4.78, 5) is 13.6. The molecular formula is C17H14F3N3O3S. The number of hydrogen-bond acceptors (Lipinski definition) is 4. The van der Waals surface area contributed by atoms with E-state index in [0.29, 0.717) is 5.56 Å². The third kappa shape index (κ3) is 3.95. The van der Waals surface area contributed by atoms with E-state index in [2.05, 4.69) is 9.71 Å². The Labute approximate surface area is 153 Å². The van der Waals surface area contributed by atoms with Gasteiger partial charge in [-0.25, -0.2) is 0 Å². The van der Waals surface area contributed by atoms with Crippen LogP contribution in [0, 0.1) is 0 Å². The molecule has 0 fully saturated rings. The summed E-state index contributed by atoms with van der Waals surface area (Å²) in [6.45, 7) is -0.232. The van der Waals surface area contributed by atoms with E-state index in [1.54, 1.807) is 18.2 Å². The van der Waals surface area contributed by atoms with Crippen LogP contribution in [0.1, 0.15) is 11.1 Å². The number of amides is 1. The van der Waals surface area contributed by atoms with Gasteiger partial charge in [0.05, 0.1) is 12.1 Å². The summed E-state index contributed by atoms with van der Waals surface area (Å²) in [7, 11) is -2.30. The average Bonchev–Trinajstić information content (AvgIpc) is 2.86. The molecule has 10 heteroatoms. The Morgan fingerprint density at radius 1 is 1.11 bits per heavy atom. The molecule has 0 radical (unpaired) electrons. The summed E-state index contributed by atoms with van der Waals surface area (Å²) in [5.41, 5.74) is -0.232. The lowest BCUT2D eigenvalue weighted by Gasteiger charge is -2.18. The number of hydrogen-bond donors (Lipinski definition) is 1. The molecule has 1 N–H and O–H groups in total. The van der Waals surface area contributed by atoms with E-state index in [4.69, 9.17) is 0 Å². The second kappa shape index (κ2) is 6.69. The fourth-order valence-corrected chi connectivity index (χ4v) is 3.85. The molecule has 27 heavy (non-hydrogen) atoms. The number of nitrogens with one attached hydrogen (secondary N) is 1. The van der Waals surface area contributed by atoms with Gasteiger partial charge in [-0.2, -0.15) is 21.6 Å². The number of carbonyl (C=O) groups excluding carboxylic acids is 1. The summed E-state index contributed by atoms with van der Waals surface area (Å²) >= 11 is 0. The molecule has 0 unspecified atom stereocenters. The quantitative estimate of drug-likeness (QED) is 0.864. The summed E-state index contributed by atoms with van der Waals surface area (Å²) in [6, 6.07) is 10.3. The number of sulfonamides is 1. The van der Waals surface area contributed by atoms with Crippen molar-refractivity contribution in [3.8, 4) is 0 Å². The van der Waals surface area contributed by atoms with Gasteiger partial charge < -0.3 is 10.2 Å². The number of amidine groups is 1. The lowest BCUT2D eigenvalue weighted by Crippen LogP contribution is -2.34. The molecule has 0 bridgehead atoms. The molecule has 6 nitrogen and oxygen atoms in total. The van der Waals surface area contributed by atoms with Gasteiger partial charge in [0.2, 0.25) is 5.91 Å². The van der Waals surface area contributed by atoms with Crippen molar-refractivity contribution < 1.29 is 26.4 Å². The van der Waals surface area contributed by atoms with Crippen LogP contribution in [-0.4, -0.2) is 38.7 Å². The molecule has 142 valence electrons. The van der Waals surface area contributed by atoms with Gasteiger partial charge in [0.1, 0.15) is 4.90 Å². The van der Waals surface area contributed by atoms with Crippen LogP contribution in [0.2, 0.25) is 0 Å². The molecule has 0 aliphatic carbocycles. The lowest BCUT2D eigenvalue weighted by molar-refractivity contribution is -0.137. The van der Waals surface area contributed by atoms with E-state index in [0.717, 1.165) is 24.3 Å². The molecule has 1 heterocycles. The van der Waals surface area contributed by atoms with E-state index >= 15 is 0 Å². The van der Waals surface area contributed by atoms with Gasteiger partial charge in [-0.15, -0.1) is 4.40 Å². The number of fused-ring (bicyclic) bond motifs is 1. The van der Waals surface area contributed by atoms with E-state index in [1.165, 1.54) is 18.0 Å². The van der Waals surface area contributed by atoms with Crippen molar-refractivity contribution in [2.45, 2.75) is 11.1 Å². The van der Waals surface area contributed by atoms with Gasteiger partial charge in [-0.1, -0.05) is 12.1 Å². The maximum atomic E-state index is 12.6. The van der Waals surface area contributed by atoms with Crippen molar-refractivity contribution in [3.63, 3.8) is 0 Å². The lowest BCUT2D eigenvalue weighted by atomic mass is 10.2. The zero-order valence-corrected chi connectivity index (χ0v) is 14.8. The fraction of sp³-hybridized carbons (Fsp3) is 0.176. The fourth-order valence-electron chi connectivity index (χ4n) is 2.60. The predicted octanol–water partition coefficient (Wildman–Crippen LogP) is 2.72. The number of alkyl halides is 3. The molecule has 0 saturated heterocycles. The molecule has 1 aliphatic heterocycles. The molecule has 1 amide bonds. The maximum absolute atomic E-state index is 12.6. The number of carbonyl (C=O) groups is 1. The van der Waals surface area contributed by atoms with E-state index < -0.39 is 27.7 Å². The topological polar surface area (TPSA) is 78.8 Å². The Balaban J connectivity index is 1.70. The number of rotatable bonds is 3. The number of halogens is 3. The number of anilines is 1. The van der Waals surface area contributed by atoms with Crippen molar-refractivity contribution in [2.75, 3.05) is 18.9 Å². The standard InChI is InChI=1S/C17H14F3N3O3S/c1-23(16-13-4-2-3-5-14(13)27(25,26)22-16)10-15(24)21-12-8-6-11(7-9-12)17(18,19)20/h2-9H,10H2,1H3,(H,21,24). The molecule has 0 spiro atoms. The maximum Gasteiger partial charge on any atom is 0.416 e. The number of likely N-dealkylation sites (N-methyl/N-ethyl adjacent to an activating group) is 1. The predicted molar refractivity (Wildman–Crippen MR) is 92.9 cm³/mol. The summed E-state index contributed by atoms with van der Waals surface area (Å²) in [5.74, 6) is -0.394. The highest BCUT2D eigenvalue weighted by atomic mass is 32.2. The van der Waals surface area contributed by atoms with Crippen LogP contribution in [0.25, 0.3) is 0 Å². The zero-order valence-electron chi connectivity index (χ0n) is 14.0. The number of nitrogens with zero attached hydrogens (tertiary/aromatic N) is 2. The second-order valence-electron chi connectivity index (χ2n) is 5.87. The first kappa shape index (κ1) is 18.9. The van der Waals surface area contributed by atoms with E-state index in [1.807, 2.05) is 0 Å². The first-order chi connectivity index (χ1) is 12.6. The van der Waals surface area contributed by atoms with Gasteiger partial charge in [-0.3, -0.25) is 4.79 Å². The molecule has 3 rings (SSSR count). The highest BCUT2D eigenvalue weighted by molar-refractivity contribution is 7.90. The van der Waals surface area contributed by atoms with E-state index in [-0.39, 0.29) is 23.0 Å². The van der Waals surface area contributed by atoms with Gasteiger partial charge in [0.25, 0.3) is 10.0 Å². The third-order valence-corrected chi connectivity index (χ3v) is 5.18. The molecular weight excluding hydrogens is 383 g/mol. The van der Waals surface area contributed by atoms with Crippen molar-refractivity contribution >= 4 is 27.5 Å². The van der Waals surface area contributed by atoms with Crippen LogP contribution < -0.4 is 5.32 Å². The minimum absolute atomic E-state index is 0.0648. The van der Waals surface area contributed by atoms with Crippen LogP contribution in [0.5, 0.6) is 0 Å². The third-order valence-electron chi connectivity index (χ3n) is 3.85.